The molecule has 7 rings (SSSR count). The molecule has 58 heavy (non-hydrogen) atoms. The first-order chi connectivity index (χ1) is 28.2. The van der Waals surface area contributed by atoms with Crippen LogP contribution < -0.4 is 16.0 Å². The number of aromatic nitrogens is 1. The van der Waals surface area contributed by atoms with Crippen LogP contribution in [0.2, 0.25) is 0 Å². The second-order valence-corrected chi connectivity index (χ2v) is 14.6. The maximum atomic E-state index is 14.5. The van der Waals surface area contributed by atoms with Crippen LogP contribution >= 0.6 is 0 Å². The summed E-state index contributed by atoms with van der Waals surface area (Å²) in [6.45, 7) is 4.72. The number of benzene rings is 5. The summed E-state index contributed by atoms with van der Waals surface area (Å²) in [5.41, 5.74) is 5.67. The molecule has 12 nitrogen and oxygen atoms in total. The number of amides is 4. The molecule has 5 N–H and O–H groups in total. The van der Waals surface area contributed by atoms with E-state index < -0.39 is 29.3 Å². The first-order valence-corrected chi connectivity index (χ1v) is 19.9. The molecule has 6 aromatic rings. The number of H-pyrrole nitrogens is 1. The lowest BCUT2D eigenvalue weighted by Gasteiger charge is -2.46. The van der Waals surface area contributed by atoms with E-state index in [2.05, 4.69) is 45.7 Å². The predicted octanol–water partition coefficient (Wildman–Crippen LogP) is 5.85. The van der Waals surface area contributed by atoms with Gasteiger partial charge in [0.25, 0.3) is 0 Å². The molecular formula is C45H45N6O6S-. The second-order valence-electron chi connectivity index (χ2n) is 13.6. The Morgan fingerprint density at radius 1 is 0.879 bits per heavy atom. The third kappa shape index (κ3) is 10.6. The quantitative estimate of drug-likeness (QED) is 0.0555. The number of phenols is 1. The van der Waals surface area contributed by atoms with Gasteiger partial charge in [0.15, 0.2) is 0 Å². The number of hydrogen-bond acceptors (Lipinski definition) is 7. The Bertz CT molecular complexity index is 2320. The van der Waals surface area contributed by atoms with Crippen molar-refractivity contribution >= 4 is 39.8 Å². The standard InChI is InChI=1S/C39H40N6O4.C6H6O2S/c1-2-20-40-24-36(47)45-34(21-27-16-18-31(46)19-17-27)38(48)44(26-35(45)43-39(49)42-22-28-10-5-3-6-11-28)25-30-14-9-15-32-33(23-41-37(30)32)29-12-7-4-8-13-29;7-9(8)6-4-2-1-3-5-6/h2-19,23,34-35,40-41,46H,1,20-22,24-26H2,(H2,42,43,49);1-5H,(H,7,8)/p-1/t34-,35+;/m0./s1. The van der Waals surface area contributed by atoms with Gasteiger partial charge in [0.05, 0.1) is 18.6 Å². The van der Waals surface area contributed by atoms with Crippen molar-refractivity contribution in [2.75, 3.05) is 19.6 Å². The average Bonchev–Trinajstić information content (AvgIpc) is 3.69. The zero-order valence-corrected chi connectivity index (χ0v) is 32.6. The van der Waals surface area contributed by atoms with E-state index >= 15 is 0 Å². The van der Waals surface area contributed by atoms with Crippen LogP contribution in [0.25, 0.3) is 22.0 Å². The first kappa shape index (κ1) is 41.1. The van der Waals surface area contributed by atoms with E-state index in [4.69, 9.17) is 0 Å². The number of nitrogens with one attached hydrogen (secondary N) is 4. The Kier molecular flexibility index (Phi) is 14.2. The van der Waals surface area contributed by atoms with E-state index in [9.17, 15) is 28.3 Å². The van der Waals surface area contributed by atoms with Crippen molar-refractivity contribution in [2.45, 2.75) is 36.6 Å². The highest BCUT2D eigenvalue weighted by Crippen LogP contribution is 2.32. The number of rotatable bonds is 13. The van der Waals surface area contributed by atoms with Crippen molar-refractivity contribution < 1.29 is 28.3 Å². The van der Waals surface area contributed by atoms with Gasteiger partial charge in [-0.05, 0) is 57.6 Å². The van der Waals surface area contributed by atoms with Gasteiger partial charge in [0.2, 0.25) is 11.8 Å². The smallest absolute Gasteiger partial charge is 0.316 e. The van der Waals surface area contributed by atoms with Crippen LogP contribution in [0.1, 0.15) is 16.7 Å². The average molecular weight is 798 g/mol. The molecule has 5 aromatic carbocycles. The Balaban J connectivity index is 0.000000557. The third-order valence-corrected chi connectivity index (χ3v) is 10.3. The fraction of sp³-hybridized carbons (Fsp3) is 0.178. The lowest BCUT2D eigenvalue weighted by molar-refractivity contribution is -0.156. The van der Waals surface area contributed by atoms with Crippen LogP contribution in [0.4, 0.5) is 4.79 Å². The van der Waals surface area contributed by atoms with Crippen LogP contribution in [0.3, 0.4) is 0 Å². The predicted molar refractivity (Wildman–Crippen MR) is 224 cm³/mol. The van der Waals surface area contributed by atoms with Gasteiger partial charge in [0.1, 0.15) is 18.0 Å². The van der Waals surface area contributed by atoms with E-state index in [1.165, 1.54) is 4.90 Å². The van der Waals surface area contributed by atoms with Gasteiger partial charge >= 0.3 is 6.03 Å². The molecule has 1 aliphatic heterocycles. The minimum Gasteiger partial charge on any atom is -0.768 e. The molecule has 13 heteroatoms. The highest BCUT2D eigenvalue weighted by atomic mass is 32.2. The first-order valence-electron chi connectivity index (χ1n) is 18.8. The molecule has 1 fully saturated rings. The number of piperazine rings is 1. The molecule has 1 unspecified atom stereocenters. The highest BCUT2D eigenvalue weighted by molar-refractivity contribution is 7.79. The van der Waals surface area contributed by atoms with Gasteiger partial charge in [-0.2, -0.15) is 0 Å². The van der Waals surface area contributed by atoms with E-state index in [1.807, 2.05) is 66.9 Å². The minimum atomic E-state index is -2.08. The maximum Gasteiger partial charge on any atom is 0.316 e. The highest BCUT2D eigenvalue weighted by Gasteiger charge is 2.43. The number of carbonyl (C=O) groups excluding carboxylic acids is 3. The summed E-state index contributed by atoms with van der Waals surface area (Å²) >= 11 is -2.08. The Labute approximate surface area is 339 Å². The van der Waals surface area contributed by atoms with E-state index in [1.54, 1.807) is 65.6 Å². The van der Waals surface area contributed by atoms with Gasteiger partial charge in [-0.3, -0.25) is 13.8 Å². The van der Waals surface area contributed by atoms with Crippen LogP contribution in [0.15, 0.2) is 157 Å². The number of urea groups is 1. The molecule has 3 atom stereocenters. The second kappa shape index (κ2) is 20.1. The van der Waals surface area contributed by atoms with Crippen molar-refractivity contribution in [1.82, 2.24) is 30.7 Å². The molecule has 0 saturated carbocycles. The number of para-hydroxylation sites is 1. The van der Waals surface area contributed by atoms with Gasteiger partial charge in [-0.1, -0.05) is 115 Å². The number of aromatic amines is 1. The van der Waals surface area contributed by atoms with Crippen LogP contribution in [-0.4, -0.2) is 78.3 Å². The Hall–Kier alpha value is -6.54. The van der Waals surface area contributed by atoms with Gasteiger partial charge < -0.3 is 40.4 Å². The molecule has 0 aliphatic carbocycles. The van der Waals surface area contributed by atoms with E-state index in [0.717, 1.165) is 38.7 Å². The molecule has 1 aromatic heterocycles. The fourth-order valence-electron chi connectivity index (χ4n) is 6.88. The number of nitrogens with zero attached hydrogens (tertiary/aromatic N) is 2. The van der Waals surface area contributed by atoms with Crippen LogP contribution in [0, 0.1) is 0 Å². The zero-order chi connectivity index (χ0) is 40.9. The molecule has 0 spiro atoms. The summed E-state index contributed by atoms with van der Waals surface area (Å²) in [7, 11) is 0. The number of carbonyl (C=O) groups is 3. The number of aromatic hydroxyl groups is 1. The fourth-order valence-corrected chi connectivity index (χ4v) is 7.25. The van der Waals surface area contributed by atoms with Crippen molar-refractivity contribution in [1.29, 1.82) is 0 Å². The van der Waals surface area contributed by atoms with Crippen molar-refractivity contribution in [2.24, 2.45) is 0 Å². The zero-order valence-electron chi connectivity index (χ0n) is 31.8. The molecular weight excluding hydrogens is 753 g/mol. The monoisotopic (exact) mass is 797 g/mol. The third-order valence-electron chi connectivity index (χ3n) is 9.66. The number of phenolic OH excluding ortho intramolecular Hbond substituents is 1. The SMILES string of the molecule is C=CCNCC(=O)N1[C@@H](NC(=O)NCc2ccccc2)CN(Cc2cccc3c(-c4ccccc4)c[nH]c23)C(=O)[C@@H]1Cc1ccc(O)cc1.O=S([O-])c1ccccc1. The molecule has 4 amide bonds. The largest absolute Gasteiger partial charge is 0.768 e. The molecule has 2 heterocycles. The number of fused-ring (bicyclic) bond motifs is 1. The minimum absolute atomic E-state index is 0.0424. The molecule has 298 valence electrons. The molecule has 1 saturated heterocycles. The van der Waals surface area contributed by atoms with E-state index in [-0.39, 0.29) is 43.6 Å². The summed E-state index contributed by atoms with van der Waals surface area (Å²) in [4.78, 5) is 48.6. The van der Waals surface area contributed by atoms with Gasteiger partial charge in [0, 0.05) is 48.1 Å². The van der Waals surface area contributed by atoms with Crippen LogP contribution in [0.5, 0.6) is 5.75 Å². The molecule has 0 bridgehead atoms. The van der Waals surface area contributed by atoms with Gasteiger partial charge in [-0.15, -0.1) is 6.58 Å². The maximum absolute atomic E-state index is 14.5. The summed E-state index contributed by atoms with van der Waals surface area (Å²) in [5, 5.41) is 19.9. The topological polar surface area (TPSA) is 170 Å². The molecule has 0 radical (unpaired) electrons. The summed E-state index contributed by atoms with van der Waals surface area (Å²) in [5.74, 6) is -0.462. The van der Waals surface area contributed by atoms with E-state index in [0.29, 0.717) is 18.0 Å². The number of hydrogen-bond donors (Lipinski definition) is 5. The summed E-state index contributed by atoms with van der Waals surface area (Å²) in [6, 6.07) is 39.1. The van der Waals surface area contributed by atoms with Gasteiger partial charge in [-0.25, -0.2) is 4.79 Å². The summed E-state index contributed by atoms with van der Waals surface area (Å²) in [6.07, 6.45) is 3.00. The van der Waals surface area contributed by atoms with Crippen molar-refractivity contribution in [3.05, 3.63) is 169 Å². The lowest BCUT2D eigenvalue weighted by Crippen LogP contribution is -2.69. The van der Waals surface area contributed by atoms with Crippen molar-refractivity contribution in [3.63, 3.8) is 0 Å². The Morgan fingerprint density at radius 3 is 2.21 bits per heavy atom. The molecule has 1 aliphatic rings. The van der Waals surface area contributed by atoms with Crippen molar-refractivity contribution in [3.8, 4) is 16.9 Å². The van der Waals surface area contributed by atoms with Crippen LogP contribution in [-0.2, 0) is 40.2 Å². The normalized spacial score (nSPS) is 15.6. The lowest BCUT2D eigenvalue weighted by atomic mass is 9.98. The summed E-state index contributed by atoms with van der Waals surface area (Å²) < 4.78 is 20.4. The Morgan fingerprint density at radius 2 is 1.55 bits per heavy atom.